The monoisotopic (exact) mass is 417 g/mol. The quantitative estimate of drug-likeness (QED) is 0.420. The number of nitrogens with zero attached hydrogens (tertiary/aromatic N) is 2. The smallest absolute Gasteiger partial charge is 0.240 e. The molecule has 0 aliphatic rings. The highest BCUT2D eigenvalue weighted by Gasteiger charge is 2.13. The summed E-state index contributed by atoms with van der Waals surface area (Å²) in [5.74, 6) is 0.442. The Morgan fingerprint density at radius 3 is 2.55 bits per heavy atom. The van der Waals surface area contributed by atoms with Crippen LogP contribution in [0.25, 0.3) is 10.9 Å². The van der Waals surface area contributed by atoms with E-state index >= 15 is 0 Å². The second-order valence-corrected chi connectivity index (χ2v) is 8.11. The van der Waals surface area contributed by atoms with E-state index in [0.717, 1.165) is 16.8 Å². The Labute approximate surface area is 169 Å². The molecular formula is C19H23N5O4S. The number of methoxy groups -OCH3 is 2. The van der Waals surface area contributed by atoms with Crippen LogP contribution in [0.1, 0.15) is 0 Å². The van der Waals surface area contributed by atoms with Gasteiger partial charge in [0.25, 0.3) is 0 Å². The van der Waals surface area contributed by atoms with Crippen LogP contribution in [0.4, 0.5) is 11.4 Å². The Hall–Kier alpha value is -2.79. The second kappa shape index (κ2) is 9.14. The van der Waals surface area contributed by atoms with Gasteiger partial charge in [-0.2, -0.15) is 0 Å². The number of hydrogen-bond donors (Lipinski definition) is 4. The molecule has 0 fully saturated rings. The topological polar surface area (TPSA) is 129 Å². The van der Waals surface area contributed by atoms with E-state index in [4.69, 9.17) is 14.3 Å². The summed E-state index contributed by atoms with van der Waals surface area (Å²) in [7, 11) is -0.227. The van der Waals surface area contributed by atoms with Crippen LogP contribution in [0.5, 0.6) is 5.88 Å². The van der Waals surface area contributed by atoms with E-state index in [0.29, 0.717) is 16.3 Å². The van der Waals surface area contributed by atoms with Crippen LogP contribution in [0.2, 0.25) is 0 Å². The lowest BCUT2D eigenvalue weighted by Gasteiger charge is -2.14. The Morgan fingerprint density at radius 2 is 1.86 bits per heavy atom. The van der Waals surface area contributed by atoms with Gasteiger partial charge in [-0.05, 0) is 36.4 Å². The molecule has 3 rings (SSSR count). The summed E-state index contributed by atoms with van der Waals surface area (Å²) >= 11 is 0. The number of rotatable bonds is 9. The number of fused-ring (bicyclic) bond motifs is 1. The predicted molar refractivity (Wildman–Crippen MR) is 111 cm³/mol. The number of pyridine rings is 2. The van der Waals surface area contributed by atoms with Gasteiger partial charge in [-0.15, -0.1) is 0 Å². The number of aliphatic hydroxyl groups is 1. The lowest BCUT2D eigenvalue weighted by Crippen LogP contribution is -2.33. The normalized spacial score (nSPS) is 14.3. The molecule has 0 aliphatic heterocycles. The van der Waals surface area contributed by atoms with Crippen LogP contribution < -0.4 is 14.8 Å². The molecular weight excluding hydrogens is 394 g/mol. The van der Waals surface area contributed by atoms with Crippen molar-refractivity contribution in [3.05, 3.63) is 48.8 Å². The SMILES string of the molecule is COC[C@@H](O)CNS(=N)(=O)c1ccc(Nc2ccnc3c(OC)nccc23)cc1. The molecule has 0 bridgehead atoms. The van der Waals surface area contributed by atoms with E-state index in [2.05, 4.69) is 20.0 Å². The zero-order valence-corrected chi connectivity index (χ0v) is 16.9. The first-order chi connectivity index (χ1) is 13.9. The van der Waals surface area contributed by atoms with Crippen LogP contribution in [-0.2, 0) is 14.7 Å². The van der Waals surface area contributed by atoms with Gasteiger partial charge in [0.2, 0.25) is 5.88 Å². The number of aliphatic hydroxyl groups excluding tert-OH is 1. The molecule has 10 heteroatoms. The highest BCUT2D eigenvalue weighted by molar-refractivity contribution is 7.90. The van der Waals surface area contributed by atoms with Crippen LogP contribution in [0, 0.1) is 4.78 Å². The van der Waals surface area contributed by atoms with Crippen molar-refractivity contribution in [2.45, 2.75) is 11.0 Å². The van der Waals surface area contributed by atoms with Crippen molar-refractivity contribution in [1.29, 1.82) is 4.78 Å². The number of hydrogen-bond acceptors (Lipinski definition) is 8. The zero-order valence-electron chi connectivity index (χ0n) is 16.1. The molecule has 0 amide bonds. The average molecular weight is 417 g/mol. The fraction of sp³-hybridized carbons (Fsp3) is 0.263. The molecule has 0 saturated carbocycles. The standard InChI is InChI=1S/C19H23N5O4S/c1-27-12-14(25)11-23-29(20,26)15-5-3-13(4-6-15)24-17-8-10-21-18-16(17)7-9-22-19(18)28-2/h3-10,14,25H,11-12H2,1-2H3,(H,21,24)(H2,20,23,26)/t14-,29?/m0/s1. The van der Waals surface area contributed by atoms with E-state index in [9.17, 15) is 9.32 Å². The fourth-order valence-corrected chi connectivity index (χ4v) is 3.86. The molecule has 0 spiro atoms. The molecule has 0 aliphatic carbocycles. The van der Waals surface area contributed by atoms with Gasteiger partial charge in [0.05, 0.1) is 24.7 Å². The number of aromatic nitrogens is 2. The third-order valence-corrected chi connectivity index (χ3v) is 5.67. The molecule has 2 atom stereocenters. The Morgan fingerprint density at radius 1 is 1.14 bits per heavy atom. The minimum absolute atomic E-state index is 0.00491. The van der Waals surface area contributed by atoms with Crippen molar-refractivity contribution in [3.8, 4) is 5.88 Å². The van der Waals surface area contributed by atoms with Gasteiger partial charge < -0.3 is 19.9 Å². The molecule has 2 heterocycles. The number of ether oxygens (including phenoxy) is 2. The molecule has 29 heavy (non-hydrogen) atoms. The van der Waals surface area contributed by atoms with Crippen molar-refractivity contribution in [1.82, 2.24) is 14.7 Å². The van der Waals surface area contributed by atoms with Crippen LogP contribution >= 0.6 is 0 Å². The van der Waals surface area contributed by atoms with Gasteiger partial charge >= 0.3 is 0 Å². The molecule has 9 nitrogen and oxygen atoms in total. The van der Waals surface area contributed by atoms with Gasteiger partial charge in [0.15, 0.2) is 0 Å². The second-order valence-electron chi connectivity index (χ2n) is 6.24. The minimum Gasteiger partial charge on any atom is -0.479 e. The largest absolute Gasteiger partial charge is 0.479 e. The Bertz CT molecular complexity index is 1070. The Balaban J connectivity index is 1.77. The summed E-state index contributed by atoms with van der Waals surface area (Å²) in [6.45, 7) is 0.0978. The third-order valence-electron chi connectivity index (χ3n) is 4.17. The van der Waals surface area contributed by atoms with Gasteiger partial charge in [-0.25, -0.2) is 18.7 Å². The molecule has 3 aromatic rings. The summed E-state index contributed by atoms with van der Waals surface area (Å²) < 4.78 is 33.3. The number of anilines is 2. The molecule has 1 unspecified atom stereocenters. The van der Waals surface area contributed by atoms with E-state index in [1.807, 2.05) is 12.1 Å². The first-order valence-corrected chi connectivity index (χ1v) is 10.4. The van der Waals surface area contributed by atoms with Crippen molar-refractivity contribution in [2.75, 3.05) is 32.7 Å². The third kappa shape index (κ3) is 4.98. The molecule has 4 N–H and O–H groups in total. The van der Waals surface area contributed by atoms with E-state index in [-0.39, 0.29) is 13.2 Å². The molecule has 154 valence electrons. The fourth-order valence-electron chi connectivity index (χ4n) is 2.74. The van der Waals surface area contributed by atoms with Crippen LogP contribution in [0.15, 0.2) is 53.7 Å². The van der Waals surface area contributed by atoms with Crippen molar-refractivity contribution in [3.63, 3.8) is 0 Å². The van der Waals surface area contributed by atoms with Gasteiger partial charge in [-0.3, -0.25) is 4.98 Å². The van der Waals surface area contributed by atoms with Crippen LogP contribution in [0.3, 0.4) is 0 Å². The Kier molecular flexibility index (Phi) is 6.60. The summed E-state index contributed by atoms with van der Waals surface area (Å²) in [6, 6.07) is 10.4. The molecule has 0 radical (unpaired) electrons. The van der Waals surface area contributed by atoms with E-state index in [1.165, 1.54) is 7.11 Å². The van der Waals surface area contributed by atoms with Gasteiger partial charge in [0, 0.05) is 42.8 Å². The maximum Gasteiger partial charge on any atom is 0.240 e. The number of benzene rings is 1. The van der Waals surface area contributed by atoms with Crippen molar-refractivity contribution in [2.24, 2.45) is 0 Å². The molecule has 2 aromatic heterocycles. The van der Waals surface area contributed by atoms with Crippen LogP contribution in [-0.4, -0.2) is 52.8 Å². The van der Waals surface area contributed by atoms with Crippen molar-refractivity contribution < 1.29 is 18.8 Å². The predicted octanol–water partition coefficient (Wildman–Crippen LogP) is 2.30. The highest BCUT2D eigenvalue weighted by atomic mass is 32.2. The highest BCUT2D eigenvalue weighted by Crippen LogP contribution is 2.29. The summed E-state index contributed by atoms with van der Waals surface area (Å²) in [6.07, 6.45) is 2.48. The maximum absolute atomic E-state index is 12.6. The number of nitrogens with one attached hydrogen (secondary N) is 3. The van der Waals surface area contributed by atoms with Crippen molar-refractivity contribution >= 4 is 32.2 Å². The summed E-state index contributed by atoms with van der Waals surface area (Å²) in [5, 5.41) is 13.8. The summed E-state index contributed by atoms with van der Waals surface area (Å²) in [4.78, 5) is 8.79. The van der Waals surface area contributed by atoms with Gasteiger partial charge in [-0.1, -0.05) is 0 Å². The zero-order chi connectivity index (χ0) is 20.9. The average Bonchev–Trinajstić information content (AvgIpc) is 2.73. The molecule has 1 aromatic carbocycles. The van der Waals surface area contributed by atoms with E-state index < -0.39 is 16.0 Å². The first kappa shape index (κ1) is 20.9. The lowest BCUT2D eigenvalue weighted by atomic mass is 10.2. The summed E-state index contributed by atoms with van der Waals surface area (Å²) in [5.41, 5.74) is 2.21. The molecule has 0 saturated heterocycles. The maximum atomic E-state index is 12.6. The first-order valence-electron chi connectivity index (χ1n) is 8.80. The van der Waals surface area contributed by atoms with Gasteiger partial charge in [0.1, 0.15) is 15.4 Å². The lowest BCUT2D eigenvalue weighted by molar-refractivity contribution is 0.0680. The van der Waals surface area contributed by atoms with E-state index in [1.54, 1.807) is 43.8 Å². The minimum atomic E-state index is -3.24.